The number of thioether (sulfide) groups is 1. The van der Waals surface area contributed by atoms with E-state index in [4.69, 9.17) is 11.6 Å². The van der Waals surface area contributed by atoms with Crippen molar-refractivity contribution in [2.75, 3.05) is 0 Å². The van der Waals surface area contributed by atoms with Gasteiger partial charge in [-0.05, 0) is 41.6 Å². The van der Waals surface area contributed by atoms with Crippen LogP contribution in [-0.4, -0.2) is 15.8 Å². The minimum absolute atomic E-state index is 0.0234. The third-order valence-electron chi connectivity index (χ3n) is 4.60. The van der Waals surface area contributed by atoms with Crippen molar-refractivity contribution in [3.8, 4) is 0 Å². The summed E-state index contributed by atoms with van der Waals surface area (Å²) in [6.07, 6.45) is 11.7. The Morgan fingerprint density at radius 2 is 2.05 bits per heavy atom. The average Bonchev–Trinajstić information content (AvgIpc) is 2.74. The number of carboxylic acids is 1. The van der Waals surface area contributed by atoms with Gasteiger partial charge in [-0.1, -0.05) is 63.8 Å². The number of unbranched alkanes of at least 4 members (excludes halogenated alkanes) is 3. The average molecular weight is 412 g/mol. The molecule has 0 saturated carbocycles. The van der Waals surface area contributed by atoms with Gasteiger partial charge in [-0.2, -0.15) is 0 Å². The van der Waals surface area contributed by atoms with Gasteiger partial charge in [0.25, 0.3) is 0 Å². The second kappa shape index (κ2) is 10.2. The molecule has 0 fully saturated rings. The maximum atomic E-state index is 11.1. The Balaban J connectivity index is 2.58. The summed E-state index contributed by atoms with van der Waals surface area (Å²) in [4.78, 5) is 11.1. The van der Waals surface area contributed by atoms with E-state index in [1.54, 1.807) is 11.8 Å². The van der Waals surface area contributed by atoms with E-state index in [9.17, 15) is 9.90 Å². The van der Waals surface area contributed by atoms with Gasteiger partial charge in [0.05, 0.1) is 10.6 Å². The van der Waals surface area contributed by atoms with E-state index in [2.05, 4.69) is 28.9 Å². The Morgan fingerprint density at radius 3 is 2.55 bits per heavy atom. The normalized spacial score (nSPS) is 26.0. The molecule has 3 unspecified atom stereocenters. The van der Waals surface area contributed by atoms with Crippen LogP contribution in [0.4, 0.5) is 0 Å². The van der Waals surface area contributed by atoms with E-state index >= 15 is 0 Å². The van der Waals surface area contributed by atoms with E-state index < -0.39 is 5.97 Å². The van der Waals surface area contributed by atoms with Gasteiger partial charge in [0.2, 0.25) is 0 Å². The van der Waals surface area contributed by atoms with Crippen molar-refractivity contribution in [3.63, 3.8) is 0 Å². The number of rotatable bonds is 11. The highest BCUT2D eigenvalue weighted by Gasteiger charge is 2.40. The van der Waals surface area contributed by atoms with Gasteiger partial charge in [-0.25, -0.2) is 0 Å². The molecule has 0 amide bonds. The van der Waals surface area contributed by atoms with Crippen molar-refractivity contribution < 1.29 is 9.90 Å². The molecule has 128 valence electrons. The predicted octanol–water partition coefficient (Wildman–Crippen LogP) is 6.77. The van der Waals surface area contributed by atoms with Gasteiger partial charge in [0, 0.05) is 9.23 Å². The zero-order valence-electron chi connectivity index (χ0n) is 13.6. The maximum absolute atomic E-state index is 11.1. The van der Waals surface area contributed by atoms with E-state index in [0.29, 0.717) is 6.42 Å². The predicted molar refractivity (Wildman–Crippen MR) is 101 cm³/mol. The van der Waals surface area contributed by atoms with E-state index in [1.165, 1.54) is 25.7 Å². The van der Waals surface area contributed by atoms with E-state index in [0.717, 1.165) is 29.5 Å². The Labute approximate surface area is 152 Å². The molecule has 1 heterocycles. The Morgan fingerprint density at radius 1 is 1.36 bits per heavy atom. The smallest absolute Gasteiger partial charge is 0.306 e. The molecule has 2 nitrogen and oxygen atoms in total. The Bertz CT molecular complexity index is 389. The number of aliphatic carboxylic acids is 1. The fourth-order valence-corrected chi connectivity index (χ4v) is 6.05. The first-order chi connectivity index (χ1) is 10.4. The number of hydrogen-bond acceptors (Lipinski definition) is 2. The second-order valence-electron chi connectivity index (χ2n) is 6.26. The van der Waals surface area contributed by atoms with E-state index in [1.807, 2.05) is 6.92 Å². The van der Waals surface area contributed by atoms with Crippen molar-refractivity contribution in [1.29, 1.82) is 0 Å². The van der Waals surface area contributed by atoms with Crippen LogP contribution in [0.1, 0.15) is 71.6 Å². The van der Waals surface area contributed by atoms with Crippen molar-refractivity contribution in [3.05, 3.63) is 9.89 Å². The van der Waals surface area contributed by atoms with Crippen LogP contribution in [0.25, 0.3) is 0 Å². The minimum atomic E-state index is -0.667. The third-order valence-corrected chi connectivity index (χ3v) is 7.11. The fourth-order valence-electron chi connectivity index (χ4n) is 3.10. The molecule has 0 saturated heterocycles. The van der Waals surface area contributed by atoms with Crippen molar-refractivity contribution >= 4 is 45.3 Å². The lowest BCUT2D eigenvalue weighted by molar-refractivity contribution is -0.142. The SMILES string of the molecule is CCCCCCC1(CCCC(CC)C(=O)O)C=C(Br)SC1Cl. The molecule has 0 spiro atoms. The van der Waals surface area contributed by atoms with Crippen molar-refractivity contribution in [2.45, 2.75) is 76.3 Å². The first-order valence-corrected chi connectivity index (χ1v) is 10.5. The first-order valence-electron chi connectivity index (χ1n) is 8.37. The van der Waals surface area contributed by atoms with Crippen LogP contribution in [0, 0.1) is 11.3 Å². The summed E-state index contributed by atoms with van der Waals surface area (Å²) in [5.41, 5.74) is 0.0234. The van der Waals surface area contributed by atoms with Gasteiger partial charge in [-0.3, -0.25) is 4.79 Å². The summed E-state index contributed by atoms with van der Waals surface area (Å²) < 4.78 is 1.20. The summed E-state index contributed by atoms with van der Waals surface area (Å²) in [6.45, 7) is 4.17. The molecule has 22 heavy (non-hydrogen) atoms. The third kappa shape index (κ3) is 6.09. The molecule has 0 aromatic heterocycles. The molecule has 0 radical (unpaired) electrons. The molecule has 0 aromatic rings. The highest BCUT2D eigenvalue weighted by Crippen LogP contribution is 2.54. The highest BCUT2D eigenvalue weighted by molar-refractivity contribution is 9.14. The van der Waals surface area contributed by atoms with Gasteiger partial charge >= 0.3 is 5.97 Å². The monoisotopic (exact) mass is 410 g/mol. The number of carbonyl (C=O) groups is 1. The molecule has 1 rings (SSSR count). The molecular weight excluding hydrogens is 384 g/mol. The summed E-state index contributed by atoms with van der Waals surface area (Å²) in [5.74, 6) is -0.883. The number of carboxylic acid groups (broad SMARTS) is 1. The number of halogens is 2. The molecule has 0 aromatic carbocycles. The lowest BCUT2D eigenvalue weighted by Gasteiger charge is -2.31. The lowest BCUT2D eigenvalue weighted by atomic mass is 9.79. The largest absolute Gasteiger partial charge is 0.481 e. The van der Waals surface area contributed by atoms with Crippen LogP contribution in [0.15, 0.2) is 9.89 Å². The molecule has 1 aliphatic heterocycles. The standard InChI is InChI=1S/C17H28BrClO2S/c1-3-5-6-7-10-17(12-14(18)22-16(17)19)11-8-9-13(4-2)15(20)21/h12-13,16H,3-11H2,1-2H3,(H,20,21). The van der Waals surface area contributed by atoms with Crippen LogP contribution in [0.2, 0.25) is 0 Å². The Hall–Kier alpha value is 0.330. The van der Waals surface area contributed by atoms with Crippen LogP contribution >= 0.6 is 39.3 Å². The zero-order valence-corrected chi connectivity index (χ0v) is 16.8. The molecule has 0 aliphatic carbocycles. The molecule has 5 heteroatoms. The number of hydrogen-bond donors (Lipinski definition) is 1. The second-order valence-corrected chi connectivity index (χ2v) is 9.48. The first kappa shape index (κ1) is 20.4. The van der Waals surface area contributed by atoms with Crippen LogP contribution in [-0.2, 0) is 4.79 Å². The van der Waals surface area contributed by atoms with Crippen molar-refractivity contribution in [1.82, 2.24) is 0 Å². The number of alkyl halides is 1. The molecule has 0 bridgehead atoms. The minimum Gasteiger partial charge on any atom is -0.481 e. The van der Waals surface area contributed by atoms with Crippen molar-refractivity contribution in [2.24, 2.45) is 11.3 Å². The summed E-state index contributed by atoms with van der Waals surface area (Å²) in [6, 6.07) is 0. The molecule has 1 N–H and O–H groups in total. The van der Waals surface area contributed by atoms with Crippen LogP contribution < -0.4 is 0 Å². The van der Waals surface area contributed by atoms with E-state index in [-0.39, 0.29) is 16.0 Å². The lowest BCUT2D eigenvalue weighted by Crippen LogP contribution is -2.25. The Kier molecular flexibility index (Phi) is 9.49. The summed E-state index contributed by atoms with van der Waals surface area (Å²) in [7, 11) is 0. The van der Waals surface area contributed by atoms with Crippen LogP contribution in [0.5, 0.6) is 0 Å². The molecule has 3 atom stereocenters. The number of allylic oxidation sites excluding steroid dienone is 1. The van der Waals surface area contributed by atoms with Crippen LogP contribution in [0.3, 0.4) is 0 Å². The van der Waals surface area contributed by atoms with Gasteiger partial charge in [0.15, 0.2) is 0 Å². The van der Waals surface area contributed by atoms with Gasteiger partial charge < -0.3 is 5.11 Å². The zero-order chi connectivity index (χ0) is 16.6. The van der Waals surface area contributed by atoms with Gasteiger partial charge in [0.1, 0.15) is 0 Å². The summed E-state index contributed by atoms with van der Waals surface area (Å²) >= 11 is 11.9. The molecule has 1 aliphatic rings. The fraction of sp³-hybridized carbons (Fsp3) is 0.824. The molecular formula is C17H28BrClO2S. The topological polar surface area (TPSA) is 37.3 Å². The maximum Gasteiger partial charge on any atom is 0.306 e. The highest BCUT2D eigenvalue weighted by atomic mass is 79.9. The van der Waals surface area contributed by atoms with Gasteiger partial charge in [-0.15, -0.1) is 11.6 Å². The quantitative estimate of drug-likeness (QED) is 0.301. The summed E-state index contributed by atoms with van der Waals surface area (Å²) in [5, 5.41) is 9.17.